The zero-order chi connectivity index (χ0) is 16.5. The van der Waals surface area contributed by atoms with Crippen molar-refractivity contribution in [3.63, 3.8) is 0 Å². The van der Waals surface area contributed by atoms with Gasteiger partial charge in [-0.15, -0.1) is 5.10 Å². The Kier molecular flexibility index (Phi) is 4.16. The Labute approximate surface area is 123 Å². The van der Waals surface area contributed by atoms with Crippen LogP contribution in [0.3, 0.4) is 0 Å². The van der Waals surface area contributed by atoms with E-state index >= 15 is 0 Å². The van der Waals surface area contributed by atoms with Crippen molar-refractivity contribution in [2.45, 2.75) is 12.7 Å². The van der Waals surface area contributed by atoms with Crippen molar-refractivity contribution in [1.82, 2.24) is 14.3 Å². The summed E-state index contributed by atoms with van der Waals surface area (Å²) in [5.74, 6) is -0.309. The highest BCUT2D eigenvalue weighted by atomic mass is 19.4. The molecule has 2 aromatic rings. The first-order chi connectivity index (χ1) is 10.3. The first-order valence-corrected chi connectivity index (χ1v) is 6.19. The van der Waals surface area contributed by atoms with E-state index in [0.717, 1.165) is 11.7 Å². The van der Waals surface area contributed by atoms with Gasteiger partial charge in [0.1, 0.15) is 11.5 Å². The number of rotatable bonds is 4. The lowest BCUT2D eigenvalue weighted by molar-refractivity contribution is -0.147. The second-order valence-corrected chi connectivity index (χ2v) is 4.54. The minimum Gasteiger partial charge on any atom is -0.497 e. The summed E-state index contributed by atoms with van der Waals surface area (Å²) in [5.41, 5.74) is -0.320. The van der Waals surface area contributed by atoms with Gasteiger partial charge in [0, 0.05) is 13.1 Å². The van der Waals surface area contributed by atoms with Gasteiger partial charge < -0.3 is 9.47 Å². The molecule has 0 unspecified atom stereocenters. The molecule has 0 aliphatic carbocycles. The number of methoxy groups -OCH3 is 2. The third-order valence-corrected chi connectivity index (χ3v) is 3.04. The van der Waals surface area contributed by atoms with E-state index in [2.05, 4.69) is 5.10 Å². The minimum absolute atomic E-state index is 0.129. The lowest BCUT2D eigenvalue weighted by Gasteiger charge is -2.08. The number of aromatic nitrogens is 3. The van der Waals surface area contributed by atoms with Crippen LogP contribution >= 0.6 is 0 Å². The molecule has 1 aromatic heterocycles. The molecule has 0 amide bonds. The quantitative estimate of drug-likeness (QED) is 0.861. The fourth-order valence-corrected chi connectivity index (χ4v) is 1.97. The molecule has 1 heterocycles. The van der Waals surface area contributed by atoms with Crippen LogP contribution in [-0.2, 0) is 19.8 Å². The highest BCUT2D eigenvalue weighted by Crippen LogP contribution is 2.26. The molecule has 120 valence electrons. The third-order valence-electron chi connectivity index (χ3n) is 3.04. The SMILES string of the molecule is COc1cc(Cn2nc(C(F)(F)F)n(C)c2=O)cc(OC)c1. The van der Waals surface area contributed by atoms with Crippen molar-refractivity contribution in [3.05, 3.63) is 40.1 Å². The first-order valence-electron chi connectivity index (χ1n) is 6.19. The van der Waals surface area contributed by atoms with Crippen molar-refractivity contribution < 1.29 is 22.6 Å². The average molecular weight is 317 g/mol. The van der Waals surface area contributed by atoms with E-state index < -0.39 is 17.7 Å². The number of alkyl halides is 3. The molecule has 22 heavy (non-hydrogen) atoms. The molecule has 0 aliphatic heterocycles. The predicted molar refractivity (Wildman–Crippen MR) is 71.1 cm³/mol. The van der Waals surface area contributed by atoms with Gasteiger partial charge in [0.2, 0.25) is 5.82 Å². The largest absolute Gasteiger partial charge is 0.497 e. The molecule has 0 atom stereocenters. The Morgan fingerprint density at radius 2 is 1.68 bits per heavy atom. The number of halogens is 3. The maximum Gasteiger partial charge on any atom is 0.451 e. The molecule has 1 aromatic carbocycles. The summed E-state index contributed by atoms with van der Waals surface area (Å²) in [7, 11) is 3.93. The molecular weight excluding hydrogens is 303 g/mol. The average Bonchev–Trinajstić information content (AvgIpc) is 2.75. The maximum atomic E-state index is 12.7. The van der Waals surface area contributed by atoms with Crippen molar-refractivity contribution in [2.75, 3.05) is 14.2 Å². The van der Waals surface area contributed by atoms with E-state index in [9.17, 15) is 18.0 Å². The Bertz CT molecular complexity index is 712. The fraction of sp³-hybridized carbons (Fsp3) is 0.385. The van der Waals surface area contributed by atoms with Crippen molar-refractivity contribution >= 4 is 0 Å². The van der Waals surface area contributed by atoms with Crippen LogP contribution in [0.1, 0.15) is 11.4 Å². The fourth-order valence-electron chi connectivity index (χ4n) is 1.97. The molecule has 0 bridgehead atoms. The van der Waals surface area contributed by atoms with Gasteiger partial charge >= 0.3 is 11.9 Å². The van der Waals surface area contributed by atoms with Gasteiger partial charge in [-0.3, -0.25) is 4.57 Å². The molecule has 6 nitrogen and oxygen atoms in total. The summed E-state index contributed by atoms with van der Waals surface area (Å²) >= 11 is 0. The van der Waals surface area contributed by atoms with Crippen molar-refractivity contribution in [1.29, 1.82) is 0 Å². The molecule has 0 saturated carbocycles. The molecule has 0 radical (unpaired) electrons. The number of hydrogen-bond donors (Lipinski definition) is 0. The van der Waals surface area contributed by atoms with Crippen molar-refractivity contribution in [3.8, 4) is 11.5 Å². The second kappa shape index (κ2) is 5.74. The van der Waals surface area contributed by atoms with E-state index in [0.29, 0.717) is 21.6 Å². The van der Waals surface area contributed by atoms with Gasteiger partial charge in [-0.2, -0.15) is 13.2 Å². The van der Waals surface area contributed by atoms with E-state index in [1.165, 1.54) is 14.2 Å². The highest BCUT2D eigenvalue weighted by Gasteiger charge is 2.37. The Morgan fingerprint density at radius 3 is 2.09 bits per heavy atom. The van der Waals surface area contributed by atoms with Crippen molar-refractivity contribution in [2.24, 2.45) is 7.05 Å². The highest BCUT2D eigenvalue weighted by molar-refractivity contribution is 5.38. The topological polar surface area (TPSA) is 58.3 Å². The molecule has 0 aliphatic rings. The molecular formula is C13H14F3N3O3. The summed E-state index contributed by atoms with van der Waals surface area (Å²) in [6.45, 7) is -0.129. The molecule has 0 fully saturated rings. The van der Waals surface area contributed by atoms with E-state index in [1.54, 1.807) is 18.2 Å². The van der Waals surface area contributed by atoms with Crippen LogP contribution in [0.25, 0.3) is 0 Å². The zero-order valence-corrected chi connectivity index (χ0v) is 12.1. The van der Waals surface area contributed by atoms with Gasteiger partial charge in [-0.05, 0) is 17.7 Å². The summed E-state index contributed by atoms with van der Waals surface area (Å²) in [5, 5.41) is 3.35. The van der Waals surface area contributed by atoms with E-state index in [4.69, 9.17) is 9.47 Å². The summed E-state index contributed by atoms with van der Waals surface area (Å²) in [6.07, 6.45) is -4.69. The molecule has 0 N–H and O–H groups in total. The zero-order valence-electron chi connectivity index (χ0n) is 12.1. The second-order valence-electron chi connectivity index (χ2n) is 4.54. The van der Waals surface area contributed by atoms with E-state index in [-0.39, 0.29) is 6.54 Å². The lowest BCUT2D eigenvalue weighted by atomic mass is 10.2. The molecule has 0 spiro atoms. The lowest BCUT2D eigenvalue weighted by Crippen LogP contribution is -2.24. The van der Waals surface area contributed by atoms with Gasteiger partial charge in [-0.1, -0.05) is 0 Å². The standard InChI is InChI=1S/C13H14F3N3O3/c1-18-11(13(14,15)16)17-19(12(18)20)7-8-4-9(21-2)6-10(5-8)22-3/h4-6H,7H2,1-3H3. The summed E-state index contributed by atoms with van der Waals surface area (Å²) in [4.78, 5) is 11.9. The van der Waals surface area contributed by atoms with Gasteiger partial charge in [-0.25, -0.2) is 9.48 Å². The van der Waals surface area contributed by atoms with Crippen LogP contribution in [0.4, 0.5) is 13.2 Å². The monoisotopic (exact) mass is 317 g/mol. The Morgan fingerprint density at radius 1 is 1.14 bits per heavy atom. The van der Waals surface area contributed by atoms with Crippen LogP contribution in [0.2, 0.25) is 0 Å². The van der Waals surface area contributed by atoms with Crippen LogP contribution in [-0.4, -0.2) is 28.6 Å². The molecule has 0 saturated heterocycles. The molecule has 9 heteroatoms. The number of hydrogen-bond acceptors (Lipinski definition) is 4. The smallest absolute Gasteiger partial charge is 0.451 e. The Hall–Kier alpha value is -2.45. The van der Waals surface area contributed by atoms with E-state index in [1.807, 2.05) is 0 Å². The van der Waals surface area contributed by atoms with Crippen LogP contribution < -0.4 is 15.2 Å². The van der Waals surface area contributed by atoms with Gasteiger partial charge in [0.05, 0.1) is 20.8 Å². The number of nitrogens with zero attached hydrogens (tertiary/aromatic N) is 3. The number of ether oxygens (including phenoxy) is 2. The predicted octanol–water partition coefficient (Wildman–Crippen LogP) is 1.67. The summed E-state index contributed by atoms with van der Waals surface area (Å²) < 4.78 is 49.6. The van der Waals surface area contributed by atoms with Crippen LogP contribution in [0.5, 0.6) is 11.5 Å². The number of benzene rings is 1. The summed E-state index contributed by atoms with van der Waals surface area (Å²) in [6, 6.07) is 4.81. The third kappa shape index (κ3) is 3.07. The van der Waals surface area contributed by atoms with Gasteiger partial charge in [0.15, 0.2) is 0 Å². The maximum absolute atomic E-state index is 12.7. The van der Waals surface area contributed by atoms with Crippen LogP contribution in [0.15, 0.2) is 23.0 Å². The molecule has 2 rings (SSSR count). The first kappa shape index (κ1) is 15.9. The van der Waals surface area contributed by atoms with Crippen LogP contribution in [0, 0.1) is 0 Å². The minimum atomic E-state index is -4.69. The normalized spacial score (nSPS) is 11.5. The Balaban J connectivity index is 2.42. The van der Waals surface area contributed by atoms with Gasteiger partial charge in [0.25, 0.3) is 0 Å².